The fourth-order valence-electron chi connectivity index (χ4n) is 0.994. The predicted molar refractivity (Wildman–Crippen MR) is 41.4 cm³/mol. The molecule has 0 saturated carbocycles. The molecule has 0 aliphatic rings. The number of rotatable bonds is 6. The summed E-state index contributed by atoms with van der Waals surface area (Å²) in [7, 11) is 0. The zero-order valence-electron chi connectivity index (χ0n) is 6.85. The lowest BCUT2D eigenvalue weighted by Gasteiger charge is -2.31. The second-order valence-corrected chi connectivity index (χ2v) is 2.81. The van der Waals surface area contributed by atoms with E-state index in [1.807, 2.05) is 0 Å². The summed E-state index contributed by atoms with van der Waals surface area (Å²) in [4.78, 5) is 0. The standard InChI is InChI=1S/C7H16O5/c8-2-1-6(3-9)7(12,4-10)5-11/h6,8-12H,1-5H2. The summed E-state index contributed by atoms with van der Waals surface area (Å²) in [5.74, 6) is -0.697. The van der Waals surface area contributed by atoms with Crippen LogP contribution in [0.4, 0.5) is 0 Å². The van der Waals surface area contributed by atoms with Gasteiger partial charge in [0.1, 0.15) is 5.60 Å². The summed E-state index contributed by atoms with van der Waals surface area (Å²) in [5, 5.41) is 44.2. The quantitative estimate of drug-likeness (QED) is 0.316. The maximum Gasteiger partial charge on any atom is 0.116 e. The van der Waals surface area contributed by atoms with Gasteiger partial charge in [-0.2, -0.15) is 0 Å². The van der Waals surface area contributed by atoms with E-state index in [-0.39, 0.29) is 19.6 Å². The molecule has 74 valence electrons. The van der Waals surface area contributed by atoms with Crippen molar-refractivity contribution >= 4 is 0 Å². The Kier molecular flexibility index (Phi) is 5.36. The number of aliphatic hydroxyl groups excluding tert-OH is 4. The number of aliphatic hydroxyl groups is 5. The summed E-state index contributed by atoms with van der Waals surface area (Å²) < 4.78 is 0. The van der Waals surface area contributed by atoms with Crippen molar-refractivity contribution in [3.05, 3.63) is 0 Å². The van der Waals surface area contributed by atoms with E-state index in [1.165, 1.54) is 0 Å². The van der Waals surface area contributed by atoms with E-state index in [1.54, 1.807) is 0 Å². The first-order valence-electron chi connectivity index (χ1n) is 3.80. The highest BCUT2D eigenvalue weighted by molar-refractivity contribution is 4.84. The average molecular weight is 180 g/mol. The predicted octanol–water partition coefficient (Wildman–Crippen LogP) is -2.31. The lowest BCUT2D eigenvalue weighted by atomic mass is 9.87. The van der Waals surface area contributed by atoms with Gasteiger partial charge in [0.25, 0.3) is 0 Å². The molecule has 0 aliphatic heterocycles. The second kappa shape index (κ2) is 5.45. The molecule has 0 fully saturated rings. The van der Waals surface area contributed by atoms with E-state index < -0.39 is 24.7 Å². The zero-order chi connectivity index (χ0) is 9.61. The van der Waals surface area contributed by atoms with E-state index >= 15 is 0 Å². The average Bonchev–Trinajstić information content (AvgIpc) is 2.13. The minimum absolute atomic E-state index is 0.147. The Bertz CT molecular complexity index is 112. The third kappa shape index (κ3) is 2.69. The second-order valence-electron chi connectivity index (χ2n) is 2.81. The first-order valence-corrected chi connectivity index (χ1v) is 3.80. The Morgan fingerprint density at radius 2 is 1.50 bits per heavy atom. The van der Waals surface area contributed by atoms with Gasteiger partial charge < -0.3 is 25.5 Å². The van der Waals surface area contributed by atoms with Gasteiger partial charge in [0, 0.05) is 19.1 Å². The summed E-state index contributed by atoms with van der Waals surface area (Å²) in [6, 6.07) is 0. The van der Waals surface area contributed by atoms with Crippen LogP contribution in [0.5, 0.6) is 0 Å². The van der Waals surface area contributed by atoms with Gasteiger partial charge >= 0.3 is 0 Å². The van der Waals surface area contributed by atoms with Crippen LogP contribution in [0.3, 0.4) is 0 Å². The van der Waals surface area contributed by atoms with Crippen molar-refractivity contribution in [2.45, 2.75) is 12.0 Å². The normalized spacial score (nSPS) is 14.8. The molecule has 0 rings (SSSR count). The van der Waals surface area contributed by atoms with E-state index in [4.69, 9.17) is 20.4 Å². The van der Waals surface area contributed by atoms with Crippen LogP contribution >= 0.6 is 0 Å². The lowest BCUT2D eigenvalue weighted by Crippen LogP contribution is -2.47. The smallest absolute Gasteiger partial charge is 0.116 e. The monoisotopic (exact) mass is 180 g/mol. The van der Waals surface area contributed by atoms with Crippen molar-refractivity contribution in [3.63, 3.8) is 0 Å². The van der Waals surface area contributed by atoms with Crippen LogP contribution in [0.25, 0.3) is 0 Å². The van der Waals surface area contributed by atoms with Crippen molar-refractivity contribution in [1.82, 2.24) is 0 Å². The minimum atomic E-state index is -1.70. The van der Waals surface area contributed by atoms with Gasteiger partial charge in [-0.25, -0.2) is 0 Å². The van der Waals surface area contributed by atoms with Gasteiger partial charge in [-0.3, -0.25) is 0 Å². The van der Waals surface area contributed by atoms with Crippen LogP contribution < -0.4 is 0 Å². The molecule has 0 aromatic carbocycles. The molecular formula is C7H16O5. The van der Waals surface area contributed by atoms with Gasteiger partial charge in [-0.15, -0.1) is 0 Å². The molecule has 0 amide bonds. The molecule has 0 aromatic rings. The Morgan fingerprint density at radius 1 is 1.00 bits per heavy atom. The molecule has 0 spiro atoms. The van der Waals surface area contributed by atoms with Crippen molar-refractivity contribution in [2.75, 3.05) is 26.4 Å². The molecule has 1 unspecified atom stereocenters. The van der Waals surface area contributed by atoms with Crippen molar-refractivity contribution < 1.29 is 25.5 Å². The molecule has 1 atom stereocenters. The SMILES string of the molecule is OCCC(CO)C(O)(CO)CO. The lowest BCUT2D eigenvalue weighted by molar-refractivity contribution is -0.112. The topological polar surface area (TPSA) is 101 Å². The van der Waals surface area contributed by atoms with Crippen molar-refractivity contribution in [2.24, 2.45) is 5.92 Å². The largest absolute Gasteiger partial charge is 0.396 e. The highest BCUT2D eigenvalue weighted by Crippen LogP contribution is 2.19. The zero-order valence-corrected chi connectivity index (χ0v) is 6.85. The first-order chi connectivity index (χ1) is 5.64. The third-order valence-corrected chi connectivity index (χ3v) is 2.01. The molecule has 0 bridgehead atoms. The maximum absolute atomic E-state index is 9.45. The Morgan fingerprint density at radius 3 is 1.75 bits per heavy atom. The van der Waals surface area contributed by atoms with Gasteiger partial charge in [-0.05, 0) is 6.42 Å². The summed E-state index contributed by atoms with van der Waals surface area (Å²) in [6.45, 7) is -1.84. The number of hydrogen-bond donors (Lipinski definition) is 5. The minimum Gasteiger partial charge on any atom is -0.396 e. The summed E-state index contributed by atoms with van der Waals surface area (Å²) in [6.07, 6.45) is 0.147. The van der Waals surface area contributed by atoms with Gasteiger partial charge in [-0.1, -0.05) is 0 Å². The van der Waals surface area contributed by atoms with Crippen LogP contribution in [-0.4, -0.2) is 57.6 Å². The maximum atomic E-state index is 9.45. The van der Waals surface area contributed by atoms with Crippen molar-refractivity contribution in [3.8, 4) is 0 Å². The number of hydrogen-bond acceptors (Lipinski definition) is 5. The molecule has 5 nitrogen and oxygen atoms in total. The molecular weight excluding hydrogens is 164 g/mol. The van der Waals surface area contributed by atoms with E-state index in [0.717, 1.165) is 0 Å². The Hall–Kier alpha value is -0.200. The summed E-state index contributed by atoms with van der Waals surface area (Å²) >= 11 is 0. The highest BCUT2D eigenvalue weighted by Gasteiger charge is 2.34. The van der Waals surface area contributed by atoms with Crippen LogP contribution in [0, 0.1) is 5.92 Å². The fourth-order valence-corrected chi connectivity index (χ4v) is 0.994. The van der Waals surface area contributed by atoms with Crippen molar-refractivity contribution in [1.29, 1.82) is 0 Å². The van der Waals surface area contributed by atoms with Crippen LogP contribution in [0.1, 0.15) is 6.42 Å². The van der Waals surface area contributed by atoms with E-state index in [2.05, 4.69) is 0 Å². The van der Waals surface area contributed by atoms with Gasteiger partial charge in [0.2, 0.25) is 0 Å². The fraction of sp³-hybridized carbons (Fsp3) is 1.00. The Labute approximate surface area is 70.9 Å². The van der Waals surface area contributed by atoms with Crippen LogP contribution in [0.15, 0.2) is 0 Å². The molecule has 5 N–H and O–H groups in total. The van der Waals surface area contributed by atoms with Gasteiger partial charge in [0.15, 0.2) is 0 Å². The summed E-state index contributed by atoms with van der Waals surface area (Å²) in [5.41, 5.74) is -1.70. The molecule has 0 heterocycles. The van der Waals surface area contributed by atoms with Crippen LogP contribution in [-0.2, 0) is 0 Å². The molecule has 12 heavy (non-hydrogen) atoms. The molecule has 0 radical (unpaired) electrons. The molecule has 0 aromatic heterocycles. The molecule has 0 aliphatic carbocycles. The van der Waals surface area contributed by atoms with E-state index in [9.17, 15) is 5.11 Å². The first kappa shape index (κ1) is 11.8. The van der Waals surface area contributed by atoms with Crippen LogP contribution in [0.2, 0.25) is 0 Å². The molecule has 0 saturated heterocycles. The van der Waals surface area contributed by atoms with E-state index in [0.29, 0.717) is 0 Å². The Balaban J connectivity index is 4.21. The third-order valence-electron chi connectivity index (χ3n) is 2.01. The highest BCUT2D eigenvalue weighted by atomic mass is 16.4. The molecule has 5 heteroatoms. The van der Waals surface area contributed by atoms with Gasteiger partial charge in [0.05, 0.1) is 13.2 Å².